The van der Waals surface area contributed by atoms with E-state index in [1.807, 2.05) is 48.5 Å². The molecule has 1 unspecified atom stereocenters. The minimum absolute atomic E-state index is 0.0811. The zero-order valence-electron chi connectivity index (χ0n) is 19.4. The maximum Gasteiger partial charge on any atom is 0.409 e. The molecule has 9 heteroatoms. The zero-order chi connectivity index (χ0) is 24.1. The minimum Gasteiger partial charge on any atom is -0.497 e. The SMILES string of the molecule is CCOC(=O)N1CCN(CC(=O)N2N=C(c3cccc(OC)c3)CC2c2ccc(Cl)cc2)CC1. The molecule has 1 fully saturated rings. The Bertz CT molecular complexity index is 1050. The average molecular weight is 485 g/mol. The van der Waals surface area contributed by atoms with Crippen molar-refractivity contribution in [3.05, 3.63) is 64.7 Å². The van der Waals surface area contributed by atoms with Crippen LogP contribution in [0.25, 0.3) is 0 Å². The molecule has 0 radical (unpaired) electrons. The van der Waals surface area contributed by atoms with Gasteiger partial charge in [-0.3, -0.25) is 9.69 Å². The van der Waals surface area contributed by atoms with Crippen molar-refractivity contribution in [2.24, 2.45) is 5.10 Å². The molecule has 0 aliphatic carbocycles. The maximum atomic E-state index is 13.4. The van der Waals surface area contributed by atoms with Crippen molar-refractivity contribution in [1.29, 1.82) is 0 Å². The normalized spacial score (nSPS) is 18.6. The molecule has 0 aromatic heterocycles. The number of carbonyl (C=O) groups is 2. The van der Waals surface area contributed by atoms with E-state index in [1.165, 1.54) is 0 Å². The van der Waals surface area contributed by atoms with Gasteiger partial charge in [0.05, 0.1) is 32.0 Å². The van der Waals surface area contributed by atoms with Gasteiger partial charge in [-0.05, 0) is 36.8 Å². The van der Waals surface area contributed by atoms with Gasteiger partial charge in [0.15, 0.2) is 0 Å². The van der Waals surface area contributed by atoms with Crippen molar-refractivity contribution >= 4 is 29.3 Å². The quantitative estimate of drug-likeness (QED) is 0.623. The molecule has 2 heterocycles. The fraction of sp³-hybridized carbons (Fsp3) is 0.400. The Morgan fingerprint density at radius 2 is 1.82 bits per heavy atom. The molecule has 0 N–H and O–H groups in total. The summed E-state index contributed by atoms with van der Waals surface area (Å²) in [5.41, 5.74) is 2.74. The van der Waals surface area contributed by atoms with Crippen LogP contribution in [0.3, 0.4) is 0 Å². The Balaban J connectivity index is 1.50. The van der Waals surface area contributed by atoms with E-state index in [0.29, 0.717) is 44.2 Å². The van der Waals surface area contributed by atoms with Crippen LogP contribution in [0, 0.1) is 0 Å². The molecule has 2 aliphatic heterocycles. The Morgan fingerprint density at radius 1 is 1.09 bits per heavy atom. The highest BCUT2D eigenvalue weighted by atomic mass is 35.5. The Labute approximate surface area is 204 Å². The van der Waals surface area contributed by atoms with E-state index < -0.39 is 0 Å². The number of rotatable bonds is 6. The predicted molar refractivity (Wildman–Crippen MR) is 130 cm³/mol. The van der Waals surface area contributed by atoms with E-state index in [9.17, 15) is 9.59 Å². The summed E-state index contributed by atoms with van der Waals surface area (Å²) in [5, 5.41) is 6.99. The van der Waals surface area contributed by atoms with E-state index >= 15 is 0 Å². The second-order valence-electron chi connectivity index (χ2n) is 8.25. The van der Waals surface area contributed by atoms with Crippen molar-refractivity contribution in [3.8, 4) is 5.75 Å². The van der Waals surface area contributed by atoms with Crippen LogP contribution in [-0.4, -0.2) is 79.0 Å². The summed E-state index contributed by atoms with van der Waals surface area (Å²) in [5.74, 6) is 0.662. The predicted octanol–water partition coefficient (Wildman–Crippen LogP) is 3.80. The number of hydrogen-bond donors (Lipinski definition) is 0. The van der Waals surface area contributed by atoms with Crippen LogP contribution >= 0.6 is 11.6 Å². The van der Waals surface area contributed by atoms with Crippen molar-refractivity contribution in [2.75, 3.05) is 46.4 Å². The molecule has 2 aliphatic rings. The number of methoxy groups -OCH3 is 1. The molecule has 0 saturated carbocycles. The summed E-state index contributed by atoms with van der Waals surface area (Å²) in [7, 11) is 1.63. The van der Waals surface area contributed by atoms with Crippen LogP contribution in [0.1, 0.15) is 30.5 Å². The first-order valence-corrected chi connectivity index (χ1v) is 11.8. The van der Waals surface area contributed by atoms with Gasteiger partial charge >= 0.3 is 6.09 Å². The van der Waals surface area contributed by atoms with Crippen molar-refractivity contribution < 1.29 is 19.1 Å². The maximum absolute atomic E-state index is 13.4. The van der Waals surface area contributed by atoms with Crippen molar-refractivity contribution in [2.45, 2.75) is 19.4 Å². The summed E-state index contributed by atoms with van der Waals surface area (Å²) >= 11 is 6.09. The first kappa shape index (κ1) is 24.0. The van der Waals surface area contributed by atoms with Gasteiger partial charge in [-0.1, -0.05) is 35.9 Å². The van der Waals surface area contributed by atoms with Crippen molar-refractivity contribution in [1.82, 2.24) is 14.8 Å². The molecule has 1 saturated heterocycles. The number of amides is 2. The average Bonchev–Trinajstić information content (AvgIpc) is 3.31. The summed E-state index contributed by atoms with van der Waals surface area (Å²) in [6.07, 6.45) is 0.292. The number of carbonyl (C=O) groups excluding carboxylic acids is 2. The van der Waals surface area contributed by atoms with Gasteiger partial charge in [0.25, 0.3) is 5.91 Å². The third-order valence-electron chi connectivity index (χ3n) is 6.08. The minimum atomic E-state index is -0.302. The fourth-order valence-electron chi connectivity index (χ4n) is 4.23. The Kier molecular flexibility index (Phi) is 7.70. The highest BCUT2D eigenvalue weighted by molar-refractivity contribution is 6.30. The molecule has 2 amide bonds. The van der Waals surface area contributed by atoms with Crippen LogP contribution in [0.15, 0.2) is 53.6 Å². The lowest BCUT2D eigenvalue weighted by atomic mass is 9.98. The lowest BCUT2D eigenvalue weighted by Gasteiger charge is -2.34. The van der Waals surface area contributed by atoms with E-state index in [2.05, 4.69) is 4.90 Å². The van der Waals surface area contributed by atoms with Crippen LogP contribution in [0.2, 0.25) is 5.02 Å². The third-order valence-corrected chi connectivity index (χ3v) is 6.33. The number of nitrogens with zero attached hydrogens (tertiary/aromatic N) is 4. The highest BCUT2D eigenvalue weighted by Crippen LogP contribution is 2.34. The Morgan fingerprint density at radius 3 is 2.50 bits per heavy atom. The third kappa shape index (κ3) is 5.51. The first-order valence-electron chi connectivity index (χ1n) is 11.4. The van der Waals surface area contributed by atoms with Gasteiger partial charge in [-0.25, -0.2) is 9.80 Å². The van der Waals surface area contributed by atoms with Gasteiger partial charge in [0, 0.05) is 43.2 Å². The van der Waals surface area contributed by atoms with E-state index in [0.717, 1.165) is 22.6 Å². The highest BCUT2D eigenvalue weighted by Gasteiger charge is 2.34. The molecule has 1 atom stereocenters. The van der Waals surface area contributed by atoms with Gasteiger partial charge < -0.3 is 14.4 Å². The lowest BCUT2D eigenvalue weighted by Crippen LogP contribution is -2.51. The Hall–Kier alpha value is -3.10. The smallest absolute Gasteiger partial charge is 0.409 e. The zero-order valence-corrected chi connectivity index (χ0v) is 20.2. The van der Waals surface area contributed by atoms with Crippen molar-refractivity contribution in [3.63, 3.8) is 0 Å². The number of ether oxygens (including phenoxy) is 2. The second-order valence-corrected chi connectivity index (χ2v) is 8.69. The van der Waals surface area contributed by atoms with Gasteiger partial charge in [-0.15, -0.1) is 0 Å². The molecule has 2 aromatic carbocycles. The van der Waals surface area contributed by atoms with Crippen LogP contribution in [-0.2, 0) is 9.53 Å². The van der Waals surface area contributed by atoms with Crippen LogP contribution in [0.4, 0.5) is 4.79 Å². The molecule has 4 rings (SSSR count). The monoisotopic (exact) mass is 484 g/mol. The largest absolute Gasteiger partial charge is 0.497 e. The van der Waals surface area contributed by atoms with Gasteiger partial charge in [0.1, 0.15) is 5.75 Å². The number of hydrogen-bond acceptors (Lipinski definition) is 6. The van der Waals surface area contributed by atoms with E-state index in [4.69, 9.17) is 26.2 Å². The lowest BCUT2D eigenvalue weighted by molar-refractivity contribution is -0.134. The molecule has 0 bridgehead atoms. The molecular formula is C25H29ClN4O4. The number of benzene rings is 2. The molecule has 0 spiro atoms. The summed E-state index contributed by atoms with van der Waals surface area (Å²) < 4.78 is 10.4. The molecule has 180 valence electrons. The summed E-state index contributed by atoms with van der Waals surface area (Å²) in [4.78, 5) is 29.1. The van der Waals surface area contributed by atoms with Gasteiger partial charge in [-0.2, -0.15) is 5.10 Å². The van der Waals surface area contributed by atoms with E-state index in [-0.39, 0.29) is 24.6 Å². The molecule has 34 heavy (non-hydrogen) atoms. The van der Waals surface area contributed by atoms with E-state index in [1.54, 1.807) is 23.9 Å². The molecule has 2 aromatic rings. The number of halogens is 1. The van der Waals surface area contributed by atoms with Crippen LogP contribution in [0.5, 0.6) is 5.75 Å². The van der Waals surface area contributed by atoms with Crippen LogP contribution < -0.4 is 4.74 Å². The number of piperazine rings is 1. The second kappa shape index (κ2) is 10.9. The fourth-order valence-corrected chi connectivity index (χ4v) is 4.35. The molecular weight excluding hydrogens is 456 g/mol. The summed E-state index contributed by atoms with van der Waals surface area (Å²) in [6, 6.07) is 15.0. The standard InChI is InChI=1S/C25H29ClN4O4/c1-3-34-25(32)29-13-11-28(12-14-29)17-24(31)30-23(18-7-9-20(26)10-8-18)16-22(27-30)19-5-4-6-21(15-19)33-2/h4-10,15,23H,3,11-14,16-17H2,1-2H3. The first-order chi connectivity index (χ1) is 16.5. The topological polar surface area (TPSA) is 74.7 Å². The molecule has 8 nitrogen and oxygen atoms in total. The summed E-state index contributed by atoms with van der Waals surface area (Å²) in [6.45, 7) is 4.66. The van der Waals surface area contributed by atoms with Gasteiger partial charge in [0.2, 0.25) is 0 Å². The number of hydrazone groups is 1.